The minimum Gasteiger partial charge on any atom is -0.756 e. The molecule has 10 heteroatoms. The molecule has 64 heavy (non-hydrogen) atoms. The summed E-state index contributed by atoms with van der Waals surface area (Å²) < 4.78 is 34.0. The van der Waals surface area contributed by atoms with Crippen LogP contribution < -0.4 is 4.89 Å². The molecule has 0 spiro atoms. The maximum atomic E-state index is 12.7. The molecule has 0 fully saturated rings. The molecule has 0 aliphatic heterocycles. The summed E-state index contributed by atoms with van der Waals surface area (Å²) in [5, 5.41) is 0. The molecular formula is C54H102NO8P. The van der Waals surface area contributed by atoms with Crippen molar-refractivity contribution in [2.45, 2.75) is 251 Å². The minimum atomic E-state index is -4.65. The Balaban J connectivity index is 4.28. The van der Waals surface area contributed by atoms with Crippen LogP contribution in [0.5, 0.6) is 0 Å². The number of carbonyl (C=O) groups is 2. The smallest absolute Gasteiger partial charge is 0.306 e. The number of hydrogen-bond donors (Lipinski definition) is 0. The predicted molar refractivity (Wildman–Crippen MR) is 268 cm³/mol. The molecule has 0 aliphatic rings. The van der Waals surface area contributed by atoms with Gasteiger partial charge in [0.25, 0.3) is 7.82 Å². The molecule has 0 saturated heterocycles. The third kappa shape index (κ3) is 49.7. The van der Waals surface area contributed by atoms with E-state index in [4.69, 9.17) is 18.5 Å². The van der Waals surface area contributed by atoms with Crippen LogP contribution in [0.15, 0.2) is 36.5 Å². The molecule has 1 unspecified atom stereocenters. The van der Waals surface area contributed by atoms with Crippen molar-refractivity contribution < 1.29 is 42.1 Å². The number of unbranched alkanes of at least 4 members (excludes halogenated alkanes) is 29. The Hall–Kier alpha value is -1.77. The van der Waals surface area contributed by atoms with Crippen molar-refractivity contribution in [1.82, 2.24) is 0 Å². The maximum absolute atomic E-state index is 12.7. The zero-order valence-corrected chi connectivity index (χ0v) is 43.4. The second-order valence-corrected chi connectivity index (χ2v) is 20.6. The van der Waals surface area contributed by atoms with Crippen LogP contribution in [0.1, 0.15) is 245 Å². The van der Waals surface area contributed by atoms with E-state index in [0.717, 1.165) is 32.1 Å². The van der Waals surface area contributed by atoms with Gasteiger partial charge in [-0.2, -0.15) is 0 Å². The number of esters is 2. The number of allylic oxidation sites excluding steroid dienone is 6. The van der Waals surface area contributed by atoms with Gasteiger partial charge in [0, 0.05) is 12.8 Å². The summed E-state index contributed by atoms with van der Waals surface area (Å²) in [6.45, 7) is 4.19. The average Bonchev–Trinajstić information content (AvgIpc) is 3.25. The fraction of sp³-hybridized carbons (Fsp3) is 0.852. The van der Waals surface area contributed by atoms with Gasteiger partial charge >= 0.3 is 11.9 Å². The van der Waals surface area contributed by atoms with E-state index in [1.165, 1.54) is 173 Å². The summed E-state index contributed by atoms with van der Waals surface area (Å²) in [5.74, 6) is -0.916. The lowest BCUT2D eigenvalue weighted by Gasteiger charge is -2.28. The molecule has 0 amide bonds. The highest BCUT2D eigenvalue weighted by Gasteiger charge is 2.21. The summed E-state index contributed by atoms with van der Waals surface area (Å²) in [7, 11) is 1.14. The van der Waals surface area contributed by atoms with Gasteiger partial charge in [-0.25, -0.2) is 0 Å². The van der Waals surface area contributed by atoms with Gasteiger partial charge in [0.2, 0.25) is 0 Å². The predicted octanol–water partition coefficient (Wildman–Crippen LogP) is 15.4. The Morgan fingerprint density at radius 1 is 0.484 bits per heavy atom. The number of nitrogens with zero attached hydrogens (tertiary/aromatic N) is 1. The lowest BCUT2D eigenvalue weighted by atomic mass is 10.0. The first-order chi connectivity index (χ1) is 31.0. The zero-order chi connectivity index (χ0) is 47.1. The quantitative estimate of drug-likeness (QED) is 0.0195. The van der Waals surface area contributed by atoms with Gasteiger partial charge in [0.05, 0.1) is 27.7 Å². The van der Waals surface area contributed by atoms with Crippen molar-refractivity contribution in [1.29, 1.82) is 0 Å². The van der Waals surface area contributed by atoms with E-state index in [9.17, 15) is 19.0 Å². The fourth-order valence-electron chi connectivity index (χ4n) is 7.46. The van der Waals surface area contributed by atoms with E-state index in [-0.39, 0.29) is 26.1 Å². The van der Waals surface area contributed by atoms with Crippen LogP contribution in [0.3, 0.4) is 0 Å². The molecule has 376 valence electrons. The molecule has 0 N–H and O–H groups in total. The molecule has 9 nitrogen and oxygen atoms in total. The first-order valence-corrected chi connectivity index (χ1v) is 28.2. The topological polar surface area (TPSA) is 111 Å². The molecule has 0 saturated carbocycles. The normalized spacial score (nSPS) is 13.7. The number of likely N-dealkylation sites (N-methyl/N-ethyl adjacent to an activating group) is 1. The Morgan fingerprint density at radius 3 is 1.25 bits per heavy atom. The van der Waals surface area contributed by atoms with Crippen molar-refractivity contribution in [3.63, 3.8) is 0 Å². The van der Waals surface area contributed by atoms with Gasteiger partial charge in [-0.05, 0) is 57.8 Å². The van der Waals surface area contributed by atoms with Gasteiger partial charge < -0.3 is 27.9 Å². The van der Waals surface area contributed by atoms with Crippen LogP contribution in [-0.2, 0) is 32.7 Å². The van der Waals surface area contributed by atoms with E-state index >= 15 is 0 Å². The number of phosphoric acid groups is 1. The van der Waals surface area contributed by atoms with Crippen LogP contribution in [0.2, 0.25) is 0 Å². The first-order valence-electron chi connectivity index (χ1n) is 26.7. The Bertz CT molecular complexity index is 1180. The first kappa shape index (κ1) is 62.2. The van der Waals surface area contributed by atoms with Gasteiger partial charge in [-0.15, -0.1) is 0 Å². The van der Waals surface area contributed by atoms with E-state index in [1.807, 2.05) is 21.1 Å². The highest BCUT2D eigenvalue weighted by atomic mass is 31.2. The molecule has 0 radical (unpaired) electrons. The Kier molecular flexibility index (Phi) is 45.1. The fourth-order valence-corrected chi connectivity index (χ4v) is 8.19. The van der Waals surface area contributed by atoms with E-state index in [1.54, 1.807) is 0 Å². The average molecular weight is 924 g/mol. The van der Waals surface area contributed by atoms with Crippen molar-refractivity contribution in [3.8, 4) is 0 Å². The molecule has 0 aliphatic carbocycles. The van der Waals surface area contributed by atoms with Gasteiger partial charge in [0.1, 0.15) is 19.8 Å². The lowest BCUT2D eigenvalue weighted by Crippen LogP contribution is -2.37. The molecule has 0 aromatic carbocycles. The van der Waals surface area contributed by atoms with Crippen LogP contribution in [0.4, 0.5) is 0 Å². The van der Waals surface area contributed by atoms with Crippen LogP contribution >= 0.6 is 7.82 Å². The van der Waals surface area contributed by atoms with E-state index in [2.05, 4.69) is 50.3 Å². The molecule has 0 aromatic rings. The van der Waals surface area contributed by atoms with Crippen molar-refractivity contribution in [2.24, 2.45) is 0 Å². The van der Waals surface area contributed by atoms with E-state index < -0.39 is 32.5 Å². The van der Waals surface area contributed by atoms with Crippen molar-refractivity contribution in [2.75, 3.05) is 47.5 Å². The molecule has 0 rings (SSSR count). The second-order valence-electron chi connectivity index (χ2n) is 19.2. The zero-order valence-electron chi connectivity index (χ0n) is 42.5. The maximum Gasteiger partial charge on any atom is 0.306 e. The number of quaternary nitrogens is 1. The lowest BCUT2D eigenvalue weighted by molar-refractivity contribution is -0.870. The number of carbonyl (C=O) groups excluding carboxylic acids is 2. The van der Waals surface area contributed by atoms with Crippen molar-refractivity contribution >= 4 is 19.8 Å². The van der Waals surface area contributed by atoms with Gasteiger partial charge in [0.15, 0.2) is 6.10 Å². The number of ether oxygens (including phenoxy) is 2. The molecule has 2 atom stereocenters. The highest BCUT2D eigenvalue weighted by Crippen LogP contribution is 2.38. The standard InChI is InChI=1S/C54H102NO8P/c1-6-8-10-12-14-16-18-20-22-24-25-26-27-28-29-31-33-35-37-39-41-43-45-47-54(57)63-52(51-62-64(58,59)61-49-48-55(3,4)5)50-60-53(56)46-44-42-40-38-36-34-32-30-23-21-19-17-15-13-11-9-7-2/h32,34,38-41,52H,6-31,33,35-37,42-51H2,1-5H3/b34-32+,40-38+,41-39+/t52-/m1/s1. The molecule has 0 aromatic heterocycles. The summed E-state index contributed by atoms with van der Waals surface area (Å²) in [5.41, 5.74) is 0. The summed E-state index contributed by atoms with van der Waals surface area (Å²) in [6.07, 6.45) is 54.9. The number of phosphoric ester groups is 1. The highest BCUT2D eigenvalue weighted by molar-refractivity contribution is 7.45. The second kappa shape index (κ2) is 46.3. The third-order valence-corrected chi connectivity index (χ3v) is 12.6. The summed E-state index contributed by atoms with van der Waals surface area (Å²) in [4.78, 5) is 37.7. The van der Waals surface area contributed by atoms with Crippen molar-refractivity contribution in [3.05, 3.63) is 36.5 Å². The molecular weight excluding hydrogens is 822 g/mol. The molecule has 0 heterocycles. The summed E-state index contributed by atoms with van der Waals surface area (Å²) in [6, 6.07) is 0. The van der Waals surface area contributed by atoms with Gasteiger partial charge in [-0.1, -0.05) is 211 Å². The summed E-state index contributed by atoms with van der Waals surface area (Å²) >= 11 is 0. The number of hydrogen-bond acceptors (Lipinski definition) is 8. The monoisotopic (exact) mass is 924 g/mol. The Labute approximate surface area is 395 Å². The Morgan fingerprint density at radius 2 is 0.844 bits per heavy atom. The van der Waals surface area contributed by atoms with Gasteiger partial charge in [-0.3, -0.25) is 14.2 Å². The third-order valence-electron chi connectivity index (χ3n) is 11.6. The molecule has 0 bridgehead atoms. The number of rotatable bonds is 49. The minimum absolute atomic E-state index is 0.0408. The van der Waals surface area contributed by atoms with Crippen LogP contribution in [0, 0.1) is 0 Å². The van der Waals surface area contributed by atoms with Crippen LogP contribution in [-0.4, -0.2) is 70.0 Å². The van der Waals surface area contributed by atoms with Crippen LogP contribution in [0.25, 0.3) is 0 Å². The SMILES string of the molecule is CCCCCCCCCCC/C=C/C/C=C/CCCC(=O)OC[C@H](COP(=O)([O-])OCC[N+](C)(C)C)OC(=O)CCC/C=C/CCCCCCCCCCCCCCCCCCCC. The largest absolute Gasteiger partial charge is 0.756 e. The van der Waals surface area contributed by atoms with E-state index in [0.29, 0.717) is 23.9 Å².